The molecule has 0 unspecified atom stereocenters. The fourth-order valence-corrected chi connectivity index (χ4v) is 5.03. The van der Waals surface area contributed by atoms with Gasteiger partial charge < -0.3 is 8.37 Å². The van der Waals surface area contributed by atoms with Gasteiger partial charge in [-0.3, -0.25) is 0 Å². The highest BCUT2D eigenvalue weighted by molar-refractivity contribution is 7.95. The van der Waals surface area contributed by atoms with Gasteiger partial charge in [0, 0.05) is 0 Å². The Morgan fingerprint density at radius 2 is 0.909 bits per heavy atom. The van der Waals surface area contributed by atoms with Crippen LogP contribution in [0.25, 0.3) is 0 Å². The van der Waals surface area contributed by atoms with Gasteiger partial charge in [-0.15, -0.1) is 0 Å². The highest BCUT2D eigenvalue weighted by Gasteiger charge is 2.27. The van der Waals surface area contributed by atoms with E-state index in [1.165, 1.54) is 37.1 Å². The first-order chi connectivity index (χ1) is 15.7. The molecule has 0 fully saturated rings. The summed E-state index contributed by atoms with van der Waals surface area (Å²) in [7, 11) is -9.78. The first kappa shape index (κ1) is 27.1. The molecule has 2 aromatic carbocycles. The Labute approximate surface area is 198 Å². The number of hydrogen-bond donors (Lipinski definition) is 0. The van der Waals surface area contributed by atoms with Gasteiger partial charge in [-0.05, 0) is 61.1 Å². The van der Waals surface area contributed by atoms with Crippen molar-refractivity contribution in [2.45, 2.75) is 78.1 Å². The molecule has 7 nitrogen and oxygen atoms in total. The number of benzene rings is 2. The normalized spacial score (nSPS) is 11.9. The summed E-state index contributed by atoms with van der Waals surface area (Å²) < 4.78 is 61.9. The van der Waals surface area contributed by atoms with Crippen molar-refractivity contribution in [3.8, 4) is 11.5 Å². The summed E-state index contributed by atoms with van der Waals surface area (Å²) in [6, 6.07) is 12.8. The topological polar surface area (TPSA) is 96.0 Å². The van der Waals surface area contributed by atoms with Crippen molar-refractivity contribution >= 4 is 20.8 Å². The molecule has 0 atom stereocenters. The highest BCUT2D eigenvalue weighted by atomic mass is 32.3. The summed E-state index contributed by atoms with van der Waals surface area (Å²) in [4.78, 5) is 0. The summed E-state index contributed by atoms with van der Waals surface area (Å²) >= 11 is 0. The summed E-state index contributed by atoms with van der Waals surface area (Å²) in [5.41, 5.74) is 2.09. The molecular formula is C24H34O7S2. The molecule has 0 N–H and O–H groups in total. The van der Waals surface area contributed by atoms with Crippen LogP contribution < -0.4 is 8.37 Å². The summed E-state index contributed by atoms with van der Waals surface area (Å²) in [6.45, 7) is 4.29. The molecule has 0 spiro atoms. The summed E-state index contributed by atoms with van der Waals surface area (Å²) in [6.07, 6.45) is 10.8. The molecule has 0 amide bonds. The van der Waals surface area contributed by atoms with Crippen LogP contribution in [0.4, 0.5) is 0 Å². The van der Waals surface area contributed by atoms with Crippen LogP contribution >= 0.6 is 0 Å². The van der Waals surface area contributed by atoms with Crippen LogP contribution in [0.3, 0.4) is 0 Å². The van der Waals surface area contributed by atoms with Gasteiger partial charge in [0.15, 0.2) is 0 Å². The van der Waals surface area contributed by atoms with Crippen molar-refractivity contribution < 1.29 is 28.8 Å². The van der Waals surface area contributed by atoms with Crippen LogP contribution in [-0.2, 0) is 37.3 Å². The van der Waals surface area contributed by atoms with Gasteiger partial charge in [-0.2, -0.15) is 16.8 Å². The second-order valence-electron chi connectivity index (χ2n) is 7.96. The third-order valence-corrected chi connectivity index (χ3v) is 7.17. The van der Waals surface area contributed by atoms with Crippen molar-refractivity contribution in [1.82, 2.24) is 0 Å². The van der Waals surface area contributed by atoms with Crippen LogP contribution in [0.1, 0.15) is 76.3 Å². The van der Waals surface area contributed by atoms with Gasteiger partial charge in [0.2, 0.25) is 0 Å². The van der Waals surface area contributed by atoms with E-state index in [9.17, 15) is 16.8 Å². The third kappa shape index (κ3) is 11.0. The van der Waals surface area contributed by atoms with Gasteiger partial charge in [0.1, 0.15) is 11.5 Å². The van der Waals surface area contributed by atoms with E-state index in [0.29, 0.717) is 0 Å². The quantitative estimate of drug-likeness (QED) is 0.266. The SMILES string of the molecule is CCCCCCc1ccc(OS(=O)(=O)OS(=O)(=O)Oc2ccc(CCCCCC)cc2)cc1. The zero-order chi connectivity index (χ0) is 24.2. The minimum atomic E-state index is -4.89. The Balaban J connectivity index is 1.87. The molecule has 0 radical (unpaired) electrons. The predicted octanol–water partition coefficient (Wildman–Crippen LogP) is 5.90. The van der Waals surface area contributed by atoms with Crippen molar-refractivity contribution in [3.63, 3.8) is 0 Å². The average Bonchev–Trinajstić information content (AvgIpc) is 2.75. The molecule has 0 aliphatic rings. The average molecular weight is 499 g/mol. The smallest absolute Gasteiger partial charge is 0.361 e. The molecule has 0 aliphatic carbocycles. The van der Waals surface area contributed by atoms with E-state index in [0.717, 1.165) is 62.5 Å². The molecule has 0 saturated heterocycles. The summed E-state index contributed by atoms with van der Waals surface area (Å²) in [5, 5.41) is 0. The van der Waals surface area contributed by atoms with Crippen LogP contribution in [0.2, 0.25) is 0 Å². The van der Waals surface area contributed by atoms with Crippen LogP contribution in [-0.4, -0.2) is 16.8 Å². The van der Waals surface area contributed by atoms with Gasteiger partial charge in [0.25, 0.3) is 0 Å². The molecule has 0 aromatic heterocycles. The molecule has 0 heterocycles. The van der Waals surface area contributed by atoms with Crippen LogP contribution in [0.15, 0.2) is 48.5 Å². The predicted molar refractivity (Wildman–Crippen MR) is 129 cm³/mol. The molecule has 2 aromatic rings. The van der Waals surface area contributed by atoms with Crippen molar-refractivity contribution in [1.29, 1.82) is 0 Å². The maximum atomic E-state index is 12.1. The van der Waals surface area contributed by atoms with Crippen LogP contribution in [0.5, 0.6) is 11.5 Å². The second kappa shape index (κ2) is 13.6. The number of hydrogen-bond acceptors (Lipinski definition) is 7. The van der Waals surface area contributed by atoms with E-state index in [4.69, 9.17) is 8.37 Å². The lowest BCUT2D eigenvalue weighted by molar-refractivity contribution is 0.351. The minimum Gasteiger partial charge on any atom is -0.361 e. The Kier molecular flexibility index (Phi) is 11.2. The standard InChI is InChI=1S/C24H34O7S2/c1-3-5-7-9-11-21-13-17-23(18-14-21)29-32(25,26)31-33(27,28)30-24-19-15-22(16-20-24)12-10-8-6-4-2/h13-20H,3-12H2,1-2H3. The fourth-order valence-electron chi connectivity index (χ4n) is 3.30. The molecule has 0 saturated carbocycles. The zero-order valence-corrected chi connectivity index (χ0v) is 21.0. The molecule has 2 rings (SSSR count). The maximum Gasteiger partial charge on any atom is 0.466 e. The van der Waals surface area contributed by atoms with E-state index in [1.807, 2.05) is 0 Å². The van der Waals surface area contributed by atoms with Crippen molar-refractivity contribution in [3.05, 3.63) is 59.7 Å². The second-order valence-corrected chi connectivity index (χ2v) is 10.5. The Hall–Kier alpha value is -2.10. The molecule has 0 bridgehead atoms. The fraction of sp³-hybridized carbons (Fsp3) is 0.500. The minimum absolute atomic E-state index is 0.0464. The van der Waals surface area contributed by atoms with E-state index in [-0.39, 0.29) is 11.5 Å². The molecule has 184 valence electrons. The van der Waals surface area contributed by atoms with Crippen LogP contribution in [0, 0.1) is 0 Å². The first-order valence-electron chi connectivity index (χ1n) is 11.5. The zero-order valence-electron chi connectivity index (χ0n) is 19.4. The Bertz CT molecular complexity index is 944. The van der Waals surface area contributed by atoms with Crippen molar-refractivity contribution in [2.24, 2.45) is 0 Å². The lowest BCUT2D eigenvalue weighted by Gasteiger charge is -2.09. The third-order valence-electron chi connectivity index (χ3n) is 5.05. The van der Waals surface area contributed by atoms with E-state index in [2.05, 4.69) is 17.5 Å². The lowest BCUT2D eigenvalue weighted by Crippen LogP contribution is -2.22. The Morgan fingerprint density at radius 1 is 0.545 bits per heavy atom. The Morgan fingerprint density at radius 3 is 1.24 bits per heavy atom. The molecule has 33 heavy (non-hydrogen) atoms. The van der Waals surface area contributed by atoms with E-state index >= 15 is 0 Å². The molecular weight excluding hydrogens is 464 g/mol. The number of unbranched alkanes of at least 4 members (excludes halogenated alkanes) is 6. The summed E-state index contributed by atoms with van der Waals surface area (Å²) in [5.74, 6) is -0.0927. The van der Waals surface area contributed by atoms with Crippen molar-refractivity contribution in [2.75, 3.05) is 0 Å². The molecule has 9 heteroatoms. The van der Waals surface area contributed by atoms with E-state index < -0.39 is 20.8 Å². The van der Waals surface area contributed by atoms with Gasteiger partial charge in [-0.1, -0.05) is 80.3 Å². The maximum absolute atomic E-state index is 12.1. The van der Waals surface area contributed by atoms with Gasteiger partial charge in [-0.25, -0.2) is 0 Å². The molecule has 0 aliphatic heterocycles. The van der Waals surface area contributed by atoms with E-state index in [1.54, 1.807) is 24.3 Å². The number of aryl methyl sites for hydroxylation is 2. The lowest BCUT2D eigenvalue weighted by atomic mass is 10.1. The monoisotopic (exact) mass is 498 g/mol. The van der Waals surface area contributed by atoms with Gasteiger partial charge in [0.05, 0.1) is 0 Å². The number of rotatable bonds is 16. The highest BCUT2D eigenvalue weighted by Crippen LogP contribution is 2.20. The largest absolute Gasteiger partial charge is 0.466 e. The first-order valence-corrected chi connectivity index (χ1v) is 14.2. The van der Waals surface area contributed by atoms with Gasteiger partial charge >= 0.3 is 20.8 Å².